The average Bonchev–Trinajstić information content (AvgIpc) is 1.00. The summed E-state index contributed by atoms with van der Waals surface area (Å²) in [5, 5.41) is 0. The van der Waals surface area contributed by atoms with Crippen LogP contribution in [0.5, 0.6) is 0 Å². The molecule has 0 saturated heterocycles. The molecular formula is H6InLiSe2. The van der Waals surface area contributed by atoms with E-state index in [0.29, 0.717) is 0 Å². The van der Waals surface area contributed by atoms with Crippen LogP contribution in [0.25, 0.3) is 0 Å². The van der Waals surface area contributed by atoms with Crippen LogP contribution < -0.4 is 0 Å². The summed E-state index contributed by atoms with van der Waals surface area (Å²) in [4.78, 5) is 0. The van der Waals surface area contributed by atoms with Crippen LogP contribution in [0.2, 0.25) is 0 Å². The Labute approximate surface area is 72.0 Å². The van der Waals surface area contributed by atoms with E-state index in [2.05, 4.69) is 28.4 Å². The van der Waals surface area contributed by atoms with Gasteiger partial charge in [0.25, 0.3) is 0 Å². The maximum atomic E-state index is 2.25. The van der Waals surface area contributed by atoms with Gasteiger partial charge < -0.3 is 0 Å². The summed E-state index contributed by atoms with van der Waals surface area (Å²) in [5.74, 6) is 0. The Morgan fingerprint density at radius 2 is 1.00 bits per heavy atom. The molecular weight excluding hydrogens is 280 g/mol. The van der Waals surface area contributed by atoms with Crippen molar-refractivity contribution in [2.45, 2.75) is 0 Å². The quantitative estimate of drug-likeness (QED) is 0.413. The standard InChI is InChI=1S/In.Li.H2Se2.4H/c;;1-2;;;;/h;;1-2H;;;;. The van der Waals surface area contributed by atoms with Gasteiger partial charge >= 0.3 is 73.1 Å². The van der Waals surface area contributed by atoms with Gasteiger partial charge in [-0.25, -0.2) is 0 Å². The van der Waals surface area contributed by atoms with Gasteiger partial charge in [-0.15, -0.1) is 0 Å². The SMILES string of the molecule is [InH3].[LiH].[SeH][SeH]. The molecule has 0 saturated carbocycles. The normalized spacial score (nSPS) is 1.50. The third-order valence-corrected chi connectivity index (χ3v) is 0. The van der Waals surface area contributed by atoms with E-state index in [1.165, 1.54) is 0 Å². The van der Waals surface area contributed by atoms with Gasteiger partial charge in [0.1, 0.15) is 0 Å². The third-order valence-electron chi connectivity index (χ3n) is 0. The Morgan fingerprint density at radius 1 is 1.00 bits per heavy atom. The molecule has 22 valence electrons. The zero-order chi connectivity index (χ0) is 2.00. The molecule has 0 spiro atoms. The topological polar surface area (TPSA) is 0 Å². The van der Waals surface area contributed by atoms with Gasteiger partial charge in [0, 0.05) is 0 Å². The van der Waals surface area contributed by atoms with E-state index in [1.54, 1.807) is 0 Å². The Bertz CT molecular complexity index is 6.00. The summed E-state index contributed by atoms with van der Waals surface area (Å²) in [6.07, 6.45) is 0. The van der Waals surface area contributed by atoms with Gasteiger partial charge in [0.05, 0.1) is 0 Å². The molecule has 0 aromatic heterocycles. The predicted molar refractivity (Wildman–Crippen MR) is 31.4 cm³/mol. The van der Waals surface area contributed by atoms with Crippen molar-refractivity contribution >= 4 is 73.1 Å². The van der Waals surface area contributed by atoms with Crippen LogP contribution in [0.3, 0.4) is 0 Å². The third kappa shape index (κ3) is 8.82. The second-order valence-corrected chi connectivity index (χ2v) is 0. The zero-order valence-corrected chi connectivity index (χ0v) is 4.65. The van der Waals surface area contributed by atoms with Gasteiger partial charge in [-0.05, 0) is 0 Å². The summed E-state index contributed by atoms with van der Waals surface area (Å²) in [6.45, 7) is 0. The molecule has 0 fully saturated rings. The summed E-state index contributed by atoms with van der Waals surface area (Å²) in [7, 11) is 0. The zero-order valence-electron chi connectivity index (χ0n) is 0.894. The second-order valence-electron chi connectivity index (χ2n) is 0. The molecule has 0 bridgehead atoms. The molecule has 0 heterocycles. The van der Waals surface area contributed by atoms with E-state index in [4.69, 9.17) is 0 Å². The summed E-state index contributed by atoms with van der Waals surface area (Å²) in [6, 6.07) is 0. The van der Waals surface area contributed by atoms with Crippen molar-refractivity contribution in [3.8, 4) is 0 Å². The van der Waals surface area contributed by atoms with Crippen molar-refractivity contribution in [3.05, 3.63) is 0 Å². The van der Waals surface area contributed by atoms with Crippen LogP contribution in [-0.2, 0) is 0 Å². The van der Waals surface area contributed by atoms with Crippen molar-refractivity contribution in [2.24, 2.45) is 0 Å². The molecule has 0 rings (SSSR count). The van der Waals surface area contributed by atoms with Crippen LogP contribution in [0.1, 0.15) is 0 Å². The maximum absolute atomic E-state index is 2.25. The average molecular weight is 286 g/mol. The van der Waals surface area contributed by atoms with Crippen molar-refractivity contribution in [2.75, 3.05) is 0 Å². The van der Waals surface area contributed by atoms with Crippen molar-refractivity contribution in [1.82, 2.24) is 0 Å². The molecule has 0 atom stereocenters. The fourth-order valence-corrected chi connectivity index (χ4v) is 0. The fraction of sp³-hybridized carbons (Fsp3) is 0. The van der Waals surface area contributed by atoms with Gasteiger partial charge in [-0.2, -0.15) is 0 Å². The molecule has 0 aliphatic carbocycles. The first-order chi connectivity index (χ1) is 1.00. The van der Waals surface area contributed by atoms with Gasteiger partial charge in [-0.3, -0.25) is 0 Å². The van der Waals surface area contributed by atoms with Crippen molar-refractivity contribution in [3.63, 3.8) is 0 Å². The van der Waals surface area contributed by atoms with Crippen LogP contribution in [-0.4, -0.2) is 73.1 Å². The second kappa shape index (κ2) is 17.8. The van der Waals surface area contributed by atoms with Crippen LogP contribution in [0.4, 0.5) is 0 Å². The molecule has 0 N–H and O–H groups in total. The summed E-state index contributed by atoms with van der Waals surface area (Å²) in [5.41, 5.74) is 0. The van der Waals surface area contributed by atoms with E-state index < -0.39 is 0 Å². The molecule has 4 heteroatoms. The Morgan fingerprint density at radius 3 is 1.00 bits per heavy atom. The van der Waals surface area contributed by atoms with E-state index >= 15 is 0 Å². The monoisotopic (exact) mass is 288 g/mol. The fourth-order valence-electron chi connectivity index (χ4n) is 0. The minimum absolute atomic E-state index is 0. The minimum atomic E-state index is 0. The first-order valence-electron chi connectivity index (χ1n) is 0.200. The molecule has 0 amide bonds. The molecule has 4 heavy (non-hydrogen) atoms. The summed E-state index contributed by atoms with van der Waals surface area (Å²) >= 11 is 4.50. The molecule has 0 unspecified atom stereocenters. The van der Waals surface area contributed by atoms with Gasteiger partial charge in [-0.1, -0.05) is 0 Å². The molecule has 0 aliphatic heterocycles. The van der Waals surface area contributed by atoms with Gasteiger partial charge in [0.2, 0.25) is 0 Å². The van der Waals surface area contributed by atoms with Gasteiger partial charge in [0.15, 0.2) is 0 Å². The molecule has 0 nitrogen and oxygen atoms in total. The van der Waals surface area contributed by atoms with Crippen LogP contribution in [0.15, 0.2) is 0 Å². The van der Waals surface area contributed by atoms with Crippen LogP contribution >= 0.6 is 0 Å². The first-order valence-corrected chi connectivity index (χ1v) is 5.40. The number of rotatable bonds is 0. The van der Waals surface area contributed by atoms with E-state index in [1.807, 2.05) is 0 Å². The molecule has 0 aliphatic rings. The molecule has 0 aromatic carbocycles. The first kappa shape index (κ1) is 16.0. The molecule has 0 aromatic rings. The molecule has 0 radical (unpaired) electrons. The predicted octanol–water partition coefficient (Wildman–Crippen LogP) is -3.13. The Hall–Kier alpha value is 2.51. The van der Waals surface area contributed by atoms with Crippen molar-refractivity contribution in [1.29, 1.82) is 0 Å². The van der Waals surface area contributed by atoms with E-state index in [0.717, 1.165) is 0 Å². The van der Waals surface area contributed by atoms with E-state index in [-0.39, 0.29) is 44.7 Å². The van der Waals surface area contributed by atoms with Crippen molar-refractivity contribution < 1.29 is 0 Å². The summed E-state index contributed by atoms with van der Waals surface area (Å²) < 4.78 is 0. The van der Waals surface area contributed by atoms with E-state index in [9.17, 15) is 0 Å². The van der Waals surface area contributed by atoms with Crippen LogP contribution in [0, 0.1) is 0 Å². The number of hydrogen-bond acceptors (Lipinski definition) is 0. The Balaban J connectivity index is -0.00000000500. The Kier molecular flexibility index (Phi) is 71.4. The number of hydrogen-bond donors (Lipinski definition) is 0.